The Morgan fingerprint density at radius 1 is 1.50 bits per heavy atom. The van der Waals surface area contributed by atoms with Crippen molar-refractivity contribution >= 4 is 11.6 Å². The largest absolute Gasteiger partial charge is 0.393 e. The molecule has 1 N–H and O–H groups in total. The molecule has 0 saturated carbocycles. The average molecular weight is 219 g/mol. The summed E-state index contributed by atoms with van der Waals surface area (Å²) in [5.41, 5.74) is 2.24. The highest BCUT2D eigenvalue weighted by Gasteiger charge is 2.22. The van der Waals surface area contributed by atoms with E-state index in [1.54, 1.807) is 11.8 Å². The van der Waals surface area contributed by atoms with Crippen molar-refractivity contribution in [1.82, 2.24) is 0 Å². The van der Waals surface area contributed by atoms with Gasteiger partial charge in [-0.25, -0.2) is 0 Å². The lowest BCUT2D eigenvalue weighted by atomic mass is 10.0. The molecular weight excluding hydrogens is 202 g/mol. The molecule has 1 unspecified atom stereocenters. The van der Waals surface area contributed by atoms with Gasteiger partial charge in [0.25, 0.3) is 0 Å². The average Bonchev–Trinajstić information content (AvgIpc) is 2.27. The van der Waals surface area contributed by atoms with Gasteiger partial charge >= 0.3 is 0 Å². The van der Waals surface area contributed by atoms with Gasteiger partial charge in [-0.2, -0.15) is 0 Å². The Kier molecular flexibility index (Phi) is 3.25. The second-order valence-electron chi connectivity index (χ2n) is 4.33. The number of hydrogen-bond donors (Lipinski definition) is 1. The minimum atomic E-state index is -0.568. The van der Waals surface area contributed by atoms with Crippen molar-refractivity contribution in [1.29, 1.82) is 0 Å². The molecule has 86 valence electrons. The summed E-state index contributed by atoms with van der Waals surface area (Å²) in [6.07, 6.45) is 1.67. The summed E-state index contributed by atoms with van der Waals surface area (Å²) in [5.74, 6) is 0.0159. The molecule has 1 heterocycles. The summed E-state index contributed by atoms with van der Waals surface area (Å²) in [4.78, 5) is 13.7. The van der Waals surface area contributed by atoms with Crippen molar-refractivity contribution < 1.29 is 9.90 Å². The van der Waals surface area contributed by atoms with E-state index >= 15 is 0 Å². The number of hydrogen-bond acceptors (Lipinski definition) is 2. The topological polar surface area (TPSA) is 40.5 Å². The van der Waals surface area contributed by atoms with Crippen LogP contribution >= 0.6 is 0 Å². The Bertz CT molecular complexity index is 387. The van der Waals surface area contributed by atoms with Crippen LogP contribution in [0, 0.1) is 0 Å². The van der Waals surface area contributed by atoms with Crippen LogP contribution in [-0.4, -0.2) is 23.7 Å². The lowest BCUT2D eigenvalue weighted by Crippen LogP contribution is -2.36. The quantitative estimate of drug-likeness (QED) is 0.823. The number of carbonyl (C=O) groups is 1. The maximum atomic E-state index is 11.9. The number of para-hydroxylation sites is 1. The molecule has 1 atom stereocenters. The molecule has 3 nitrogen and oxygen atoms in total. The number of nitrogens with zero attached hydrogens (tertiary/aromatic N) is 1. The monoisotopic (exact) mass is 219 g/mol. The Morgan fingerprint density at radius 3 is 3.00 bits per heavy atom. The lowest BCUT2D eigenvalue weighted by Gasteiger charge is -2.29. The van der Waals surface area contributed by atoms with Gasteiger partial charge in [-0.05, 0) is 31.4 Å². The van der Waals surface area contributed by atoms with E-state index in [-0.39, 0.29) is 12.3 Å². The normalized spacial score (nSPS) is 16.8. The zero-order chi connectivity index (χ0) is 11.5. The molecule has 1 amide bonds. The van der Waals surface area contributed by atoms with Crippen LogP contribution < -0.4 is 4.90 Å². The molecule has 0 bridgehead atoms. The molecule has 3 heteroatoms. The molecule has 2 rings (SSSR count). The Balaban J connectivity index is 2.21. The first kappa shape index (κ1) is 11.1. The SMILES string of the molecule is CC(O)CC(=O)N1CCCc2ccccc21. The molecule has 0 spiro atoms. The molecule has 0 aromatic heterocycles. The minimum absolute atomic E-state index is 0.0159. The van der Waals surface area contributed by atoms with E-state index < -0.39 is 6.10 Å². The van der Waals surface area contributed by atoms with Crippen LogP contribution in [0.2, 0.25) is 0 Å². The van der Waals surface area contributed by atoms with Gasteiger partial charge in [0.15, 0.2) is 0 Å². The van der Waals surface area contributed by atoms with Crippen molar-refractivity contribution in [3.05, 3.63) is 29.8 Å². The molecule has 1 aromatic rings. The van der Waals surface area contributed by atoms with Crippen LogP contribution in [-0.2, 0) is 11.2 Å². The van der Waals surface area contributed by atoms with E-state index in [0.717, 1.165) is 25.1 Å². The Hall–Kier alpha value is -1.35. The van der Waals surface area contributed by atoms with E-state index in [1.165, 1.54) is 5.56 Å². The number of aliphatic hydroxyl groups excluding tert-OH is 1. The fourth-order valence-electron chi connectivity index (χ4n) is 2.16. The molecule has 0 aliphatic carbocycles. The number of fused-ring (bicyclic) bond motifs is 1. The summed E-state index contributed by atoms with van der Waals surface area (Å²) in [6.45, 7) is 2.41. The fraction of sp³-hybridized carbons (Fsp3) is 0.462. The Morgan fingerprint density at radius 2 is 2.25 bits per heavy atom. The number of carbonyl (C=O) groups excluding carboxylic acids is 1. The van der Waals surface area contributed by atoms with E-state index in [4.69, 9.17) is 0 Å². The fourth-order valence-corrected chi connectivity index (χ4v) is 2.16. The third-order valence-electron chi connectivity index (χ3n) is 2.88. The van der Waals surface area contributed by atoms with Gasteiger partial charge in [-0.1, -0.05) is 18.2 Å². The summed E-state index contributed by atoms with van der Waals surface area (Å²) in [6, 6.07) is 8.00. The molecule has 0 saturated heterocycles. The van der Waals surface area contributed by atoms with Gasteiger partial charge in [0.2, 0.25) is 5.91 Å². The summed E-state index contributed by atoms with van der Waals surface area (Å²) >= 11 is 0. The van der Waals surface area contributed by atoms with E-state index in [9.17, 15) is 9.90 Å². The van der Waals surface area contributed by atoms with Gasteiger partial charge in [-0.15, -0.1) is 0 Å². The van der Waals surface area contributed by atoms with Crippen LogP contribution in [0.15, 0.2) is 24.3 Å². The second-order valence-corrected chi connectivity index (χ2v) is 4.33. The van der Waals surface area contributed by atoms with Crippen molar-refractivity contribution in [2.24, 2.45) is 0 Å². The number of benzene rings is 1. The molecule has 1 aliphatic rings. The standard InChI is InChI=1S/C13H17NO2/c1-10(15)9-13(16)14-8-4-6-11-5-2-3-7-12(11)14/h2-3,5,7,10,15H,4,6,8-9H2,1H3. The van der Waals surface area contributed by atoms with Crippen LogP contribution in [0.1, 0.15) is 25.3 Å². The van der Waals surface area contributed by atoms with Crippen molar-refractivity contribution in [3.63, 3.8) is 0 Å². The van der Waals surface area contributed by atoms with Crippen LogP contribution in [0.4, 0.5) is 5.69 Å². The number of aryl methyl sites for hydroxylation is 1. The zero-order valence-corrected chi connectivity index (χ0v) is 9.52. The van der Waals surface area contributed by atoms with Gasteiger partial charge in [0.1, 0.15) is 0 Å². The maximum Gasteiger partial charge on any atom is 0.229 e. The van der Waals surface area contributed by atoms with Crippen LogP contribution in [0.3, 0.4) is 0 Å². The first-order chi connectivity index (χ1) is 7.68. The van der Waals surface area contributed by atoms with Crippen LogP contribution in [0.5, 0.6) is 0 Å². The summed E-state index contributed by atoms with van der Waals surface area (Å²) < 4.78 is 0. The number of rotatable bonds is 2. The zero-order valence-electron chi connectivity index (χ0n) is 9.52. The van der Waals surface area contributed by atoms with E-state index in [2.05, 4.69) is 6.07 Å². The minimum Gasteiger partial charge on any atom is -0.393 e. The molecule has 1 aliphatic heterocycles. The third-order valence-corrected chi connectivity index (χ3v) is 2.88. The molecule has 1 aromatic carbocycles. The first-order valence-corrected chi connectivity index (χ1v) is 5.75. The molecule has 0 radical (unpaired) electrons. The number of anilines is 1. The molecule has 16 heavy (non-hydrogen) atoms. The molecule has 0 fully saturated rings. The first-order valence-electron chi connectivity index (χ1n) is 5.75. The Labute approximate surface area is 95.7 Å². The highest BCUT2D eigenvalue weighted by atomic mass is 16.3. The predicted molar refractivity (Wildman–Crippen MR) is 63.4 cm³/mol. The van der Waals surface area contributed by atoms with Crippen LogP contribution in [0.25, 0.3) is 0 Å². The van der Waals surface area contributed by atoms with Crippen molar-refractivity contribution in [2.75, 3.05) is 11.4 Å². The van der Waals surface area contributed by atoms with Gasteiger partial charge in [0, 0.05) is 12.2 Å². The lowest BCUT2D eigenvalue weighted by molar-refractivity contribution is -0.120. The van der Waals surface area contributed by atoms with Crippen molar-refractivity contribution in [3.8, 4) is 0 Å². The van der Waals surface area contributed by atoms with E-state index in [1.807, 2.05) is 18.2 Å². The van der Waals surface area contributed by atoms with Crippen molar-refractivity contribution in [2.45, 2.75) is 32.3 Å². The van der Waals surface area contributed by atoms with E-state index in [0.29, 0.717) is 0 Å². The number of aliphatic hydroxyl groups is 1. The summed E-state index contributed by atoms with van der Waals surface area (Å²) in [7, 11) is 0. The maximum absolute atomic E-state index is 11.9. The smallest absolute Gasteiger partial charge is 0.229 e. The predicted octanol–water partition coefficient (Wildman–Crippen LogP) is 1.74. The second kappa shape index (κ2) is 4.66. The highest BCUT2D eigenvalue weighted by molar-refractivity contribution is 5.94. The molecular formula is C13H17NO2. The van der Waals surface area contributed by atoms with Gasteiger partial charge < -0.3 is 10.0 Å². The van der Waals surface area contributed by atoms with Gasteiger partial charge in [0.05, 0.1) is 12.5 Å². The highest BCUT2D eigenvalue weighted by Crippen LogP contribution is 2.27. The summed E-state index contributed by atoms with van der Waals surface area (Å²) in [5, 5.41) is 9.25. The van der Waals surface area contributed by atoms with Gasteiger partial charge in [-0.3, -0.25) is 4.79 Å². The third kappa shape index (κ3) is 2.25. The number of amides is 1.